The first-order valence-electron chi connectivity index (χ1n) is 8.69. The third-order valence-corrected chi connectivity index (χ3v) is 4.57. The molecule has 0 atom stereocenters. The van der Waals surface area contributed by atoms with E-state index in [0.29, 0.717) is 17.0 Å². The SMILES string of the molecule is CC(=O)Nc1ccc(C(C)=O)cc1OCC(=O)N(C)C1CCCCC1. The van der Waals surface area contributed by atoms with Crippen LogP contribution in [0.2, 0.25) is 0 Å². The molecule has 1 aromatic rings. The van der Waals surface area contributed by atoms with E-state index < -0.39 is 0 Å². The van der Waals surface area contributed by atoms with Crippen LogP contribution in [0.15, 0.2) is 18.2 Å². The van der Waals surface area contributed by atoms with E-state index in [1.165, 1.54) is 20.3 Å². The lowest BCUT2D eigenvalue weighted by Crippen LogP contribution is -2.40. The van der Waals surface area contributed by atoms with Crippen LogP contribution in [0.1, 0.15) is 56.3 Å². The van der Waals surface area contributed by atoms with E-state index in [-0.39, 0.29) is 30.2 Å². The van der Waals surface area contributed by atoms with Gasteiger partial charge in [-0.05, 0) is 38.0 Å². The van der Waals surface area contributed by atoms with Crippen LogP contribution in [0.4, 0.5) is 5.69 Å². The molecule has 1 aromatic carbocycles. The Morgan fingerprint density at radius 3 is 2.44 bits per heavy atom. The summed E-state index contributed by atoms with van der Waals surface area (Å²) in [5, 5.41) is 2.66. The lowest BCUT2D eigenvalue weighted by Gasteiger charge is -2.31. The fourth-order valence-corrected chi connectivity index (χ4v) is 3.07. The van der Waals surface area contributed by atoms with Crippen molar-refractivity contribution in [2.24, 2.45) is 0 Å². The average molecular weight is 346 g/mol. The summed E-state index contributed by atoms with van der Waals surface area (Å²) in [5.74, 6) is -0.127. The maximum Gasteiger partial charge on any atom is 0.260 e. The summed E-state index contributed by atoms with van der Waals surface area (Å²) in [5.41, 5.74) is 0.919. The Morgan fingerprint density at radius 2 is 1.84 bits per heavy atom. The highest BCUT2D eigenvalue weighted by Gasteiger charge is 2.22. The molecule has 1 saturated carbocycles. The van der Waals surface area contributed by atoms with Crippen molar-refractivity contribution in [3.05, 3.63) is 23.8 Å². The van der Waals surface area contributed by atoms with Gasteiger partial charge in [0.25, 0.3) is 5.91 Å². The molecule has 2 rings (SSSR count). The van der Waals surface area contributed by atoms with Crippen LogP contribution in [-0.4, -0.2) is 42.2 Å². The number of likely N-dealkylation sites (N-methyl/N-ethyl adjacent to an activating group) is 1. The van der Waals surface area contributed by atoms with Gasteiger partial charge in [0.1, 0.15) is 5.75 Å². The van der Waals surface area contributed by atoms with Gasteiger partial charge < -0.3 is 15.0 Å². The molecule has 0 heterocycles. The van der Waals surface area contributed by atoms with Crippen LogP contribution in [-0.2, 0) is 9.59 Å². The molecule has 1 N–H and O–H groups in total. The van der Waals surface area contributed by atoms with Crippen molar-refractivity contribution >= 4 is 23.3 Å². The van der Waals surface area contributed by atoms with Crippen LogP contribution < -0.4 is 10.1 Å². The van der Waals surface area contributed by atoms with Crippen molar-refractivity contribution < 1.29 is 19.1 Å². The standard InChI is InChI=1S/C19H26N2O4/c1-13(22)15-9-10-17(20-14(2)23)18(11-15)25-12-19(24)21(3)16-7-5-4-6-8-16/h9-11,16H,4-8,12H2,1-3H3,(H,20,23). The molecule has 2 amide bonds. The van der Waals surface area contributed by atoms with Crippen LogP contribution in [0.3, 0.4) is 0 Å². The van der Waals surface area contributed by atoms with Gasteiger partial charge in [-0.3, -0.25) is 14.4 Å². The minimum atomic E-state index is -0.244. The summed E-state index contributed by atoms with van der Waals surface area (Å²) in [4.78, 5) is 37.1. The molecule has 0 unspecified atom stereocenters. The minimum absolute atomic E-state index is 0.103. The molecule has 0 bridgehead atoms. The number of carbonyl (C=O) groups is 3. The predicted octanol–water partition coefficient (Wildman–Crippen LogP) is 3.02. The average Bonchev–Trinajstić information content (AvgIpc) is 2.60. The number of rotatable bonds is 6. The molecule has 0 aromatic heterocycles. The number of Topliss-reactive ketones (excluding diaryl/α,β-unsaturated/α-hetero) is 1. The van der Waals surface area contributed by atoms with Crippen molar-refractivity contribution in [2.75, 3.05) is 19.0 Å². The first-order chi connectivity index (χ1) is 11.9. The molecule has 0 saturated heterocycles. The van der Waals surface area contributed by atoms with E-state index in [1.54, 1.807) is 23.1 Å². The van der Waals surface area contributed by atoms with Gasteiger partial charge >= 0.3 is 0 Å². The summed E-state index contributed by atoms with van der Waals surface area (Å²) >= 11 is 0. The van der Waals surface area contributed by atoms with Crippen LogP contribution in [0, 0.1) is 0 Å². The Balaban J connectivity index is 2.06. The van der Waals surface area contributed by atoms with E-state index in [0.717, 1.165) is 25.7 Å². The smallest absolute Gasteiger partial charge is 0.260 e. The number of hydrogen-bond acceptors (Lipinski definition) is 4. The van der Waals surface area contributed by atoms with Crippen molar-refractivity contribution in [3.8, 4) is 5.75 Å². The molecule has 0 spiro atoms. The summed E-state index contributed by atoms with van der Waals surface area (Å²) in [6.45, 7) is 2.73. The number of anilines is 1. The summed E-state index contributed by atoms with van der Waals surface area (Å²) in [6, 6.07) is 5.06. The molecule has 1 aliphatic carbocycles. The number of benzene rings is 1. The third-order valence-electron chi connectivity index (χ3n) is 4.57. The Bertz CT molecular complexity index is 651. The molecule has 1 aliphatic rings. The number of nitrogens with zero attached hydrogens (tertiary/aromatic N) is 1. The number of nitrogens with one attached hydrogen (secondary N) is 1. The van der Waals surface area contributed by atoms with E-state index in [1.807, 2.05) is 7.05 Å². The zero-order chi connectivity index (χ0) is 18.4. The van der Waals surface area contributed by atoms with Crippen LogP contribution in [0.5, 0.6) is 5.75 Å². The molecule has 6 heteroatoms. The van der Waals surface area contributed by atoms with Gasteiger partial charge in [-0.1, -0.05) is 19.3 Å². The largest absolute Gasteiger partial charge is 0.482 e. The normalized spacial score (nSPS) is 14.7. The van der Waals surface area contributed by atoms with Crippen molar-refractivity contribution in [3.63, 3.8) is 0 Å². The maximum atomic E-state index is 12.4. The first-order valence-corrected chi connectivity index (χ1v) is 8.69. The van der Waals surface area contributed by atoms with Gasteiger partial charge in [0.15, 0.2) is 12.4 Å². The summed E-state index contributed by atoms with van der Waals surface area (Å²) in [6.07, 6.45) is 5.58. The van der Waals surface area contributed by atoms with Crippen molar-refractivity contribution in [2.45, 2.75) is 52.0 Å². The molecule has 0 radical (unpaired) electrons. The van der Waals surface area contributed by atoms with Crippen LogP contribution >= 0.6 is 0 Å². The number of hydrogen-bond donors (Lipinski definition) is 1. The van der Waals surface area contributed by atoms with Gasteiger partial charge in [-0.2, -0.15) is 0 Å². The number of carbonyl (C=O) groups excluding carboxylic acids is 3. The minimum Gasteiger partial charge on any atom is -0.482 e. The monoisotopic (exact) mass is 346 g/mol. The highest BCUT2D eigenvalue weighted by atomic mass is 16.5. The van der Waals surface area contributed by atoms with Crippen molar-refractivity contribution in [1.82, 2.24) is 4.90 Å². The molecule has 0 aliphatic heterocycles. The lowest BCUT2D eigenvalue weighted by molar-refractivity contribution is -0.134. The van der Waals surface area contributed by atoms with Gasteiger partial charge in [-0.25, -0.2) is 0 Å². The van der Waals surface area contributed by atoms with E-state index in [4.69, 9.17) is 4.74 Å². The first kappa shape index (κ1) is 19.0. The van der Waals surface area contributed by atoms with Gasteiger partial charge in [-0.15, -0.1) is 0 Å². The predicted molar refractivity (Wildman–Crippen MR) is 95.9 cm³/mol. The van der Waals surface area contributed by atoms with E-state index in [2.05, 4.69) is 5.32 Å². The van der Waals surface area contributed by atoms with Crippen molar-refractivity contribution in [1.29, 1.82) is 0 Å². The second-order valence-corrected chi connectivity index (χ2v) is 6.53. The Morgan fingerprint density at radius 1 is 1.16 bits per heavy atom. The van der Waals surface area contributed by atoms with E-state index >= 15 is 0 Å². The highest BCUT2D eigenvalue weighted by Crippen LogP contribution is 2.27. The molecule has 6 nitrogen and oxygen atoms in total. The fraction of sp³-hybridized carbons (Fsp3) is 0.526. The molecular formula is C19H26N2O4. The quantitative estimate of drug-likeness (QED) is 0.804. The Labute approximate surface area is 148 Å². The summed E-state index contributed by atoms with van der Waals surface area (Å²) in [7, 11) is 1.81. The third kappa shape index (κ3) is 5.31. The molecule has 136 valence electrons. The highest BCUT2D eigenvalue weighted by molar-refractivity contribution is 5.96. The van der Waals surface area contributed by atoms with Gasteiger partial charge in [0.05, 0.1) is 5.69 Å². The zero-order valence-electron chi connectivity index (χ0n) is 15.1. The molecule has 25 heavy (non-hydrogen) atoms. The van der Waals surface area contributed by atoms with E-state index in [9.17, 15) is 14.4 Å². The fourth-order valence-electron chi connectivity index (χ4n) is 3.07. The number of ketones is 1. The van der Waals surface area contributed by atoms with Gasteiger partial charge in [0.2, 0.25) is 5.91 Å². The Hall–Kier alpha value is -2.37. The molecular weight excluding hydrogens is 320 g/mol. The topological polar surface area (TPSA) is 75.7 Å². The van der Waals surface area contributed by atoms with Gasteiger partial charge in [0, 0.05) is 25.6 Å². The molecule has 1 fully saturated rings. The second kappa shape index (κ2) is 8.65. The lowest BCUT2D eigenvalue weighted by atomic mass is 9.94. The van der Waals surface area contributed by atoms with Crippen LogP contribution in [0.25, 0.3) is 0 Å². The second-order valence-electron chi connectivity index (χ2n) is 6.53. The Kier molecular flexibility index (Phi) is 6.56. The summed E-state index contributed by atoms with van der Waals surface area (Å²) < 4.78 is 5.64. The zero-order valence-corrected chi connectivity index (χ0v) is 15.1. The maximum absolute atomic E-state index is 12.4. The number of ether oxygens (including phenoxy) is 1. The number of amides is 2.